The highest BCUT2D eigenvalue weighted by Gasteiger charge is 2.35. The average Bonchev–Trinajstić information content (AvgIpc) is 2.25. The largest absolute Gasteiger partial charge is 0.468 e. The molecule has 0 fully saturated rings. The van der Waals surface area contributed by atoms with E-state index >= 15 is 0 Å². The van der Waals surface area contributed by atoms with Gasteiger partial charge in [0.25, 0.3) is 0 Å². The predicted octanol–water partition coefficient (Wildman–Crippen LogP) is 2.45. The van der Waals surface area contributed by atoms with Gasteiger partial charge in [-0.2, -0.15) is 11.8 Å². The predicted molar refractivity (Wildman–Crippen MR) is 70.9 cm³/mol. The van der Waals surface area contributed by atoms with Crippen LogP contribution in [0, 0.1) is 0 Å². The van der Waals surface area contributed by atoms with E-state index < -0.39 is 5.54 Å². The Kier molecular flexibility index (Phi) is 7.85. The van der Waals surface area contributed by atoms with Crippen molar-refractivity contribution in [1.29, 1.82) is 0 Å². The molecule has 4 heteroatoms. The SMILES string of the molecule is CCCNC(C)(CC(C)SCC)C(=O)OC. The first-order valence-electron chi connectivity index (χ1n) is 5.95. The minimum Gasteiger partial charge on any atom is -0.468 e. The molecule has 0 heterocycles. The van der Waals surface area contributed by atoms with Crippen LogP contribution in [0.2, 0.25) is 0 Å². The maximum absolute atomic E-state index is 11.8. The van der Waals surface area contributed by atoms with E-state index in [0.717, 1.165) is 25.1 Å². The molecule has 96 valence electrons. The van der Waals surface area contributed by atoms with Crippen LogP contribution in [0.4, 0.5) is 0 Å². The maximum atomic E-state index is 11.8. The van der Waals surface area contributed by atoms with Gasteiger partial charge in [-0.05, 0) is 32.1 Å². The molecular formula is C12H25NO2S. The number of esters is 1. The highest BCUT2D eigenvalue weighted by Crippen LogP contribution is 2.22. The third-order valence-corrected chi connectivity index (χ3v) is 3.62. The van der Waals surface area contributed by atoms with Crippen LogP contribution in [0.15, 0.2) is 0 Å². The molecule has 0 radical (unpaired) electrons. The lowest BCUT2D eigenvalue weighted by Crippen LogP contribution is -2.51. The van der Waals surface area contributed by atoms with Crippen LogP contribution in [-0.2, 0) is 9.53 Å². The first-order chi connectivity index (χ1) is 7.50. The molecule has 2 atom stereocenters. The van der Waals surface area contributed by atoms with Gasteiger partial charge in [-0.25, -0.2) is 0 Å². The molecule has 16 heavy (non-hydrogen) atoms. The van der Waals surface area contributed by atoms with Crippen molar-refractivity contribution >= 4 is 17.7 Å². The molecule has 0 aromatic heterocycles. The summed E-state index contributed by atoms with van der Waals surface area (Å²) in [6.07, 6.45) is 1.82. The van der Waals surface area contributed by atoms with Crippen molar-refractivity contribution in [3.05, 3.63) is 0 Å². The number of hydrogen-bond acceptors (Lipinski definition) is 4. The van der Waals surface area contributed by atoms with Crippen molar-refractivity contribution in [2.24, 2.45) is 0 Å². The standard InChI is InChI=1S/C12H25NO2S/c1-6-8-13-12(4,11(14)15-5)9-10(3)16-7-2/h10,13H,6-9H2,1-5H3. The molecule has 0 aliphatic rings. The Morgan fingerprint density at radius 1 is 1.50 bits per heavy atom. The molecule has 0 saturated carbocycles. The van der Waals surface area contributed by atoms with Gasteiger partial charge in [0.15, 0.2) is 0 Å². The van der Waals surface area contributed by atoms with Crippen LogP contribution in [-0.4, -0.2) is 36.2 Å². The van der Waals surface area contributed by atoms with E-state index in [0.29, 0.717) is 5.25 Å². The molecule has 1 N–H and O–H groups in total. The third-order valence-electron chi connectivity index (χ3n) is 2.55. The molecule has 0 rings (SSSR count). The Bertz CT molecular complexity index is 211. The van der Waals surface area contributed by atoms with Gasteiger partial charge in [0.2, 0.25) is 0 Å². The van der Waals surface area contributed by atoms with Crippen LogP contribution in [0.1, 0.15) is 40.5 Å². The van der Waals surface area contributed by atoms with E-state index in [4.69, 9.17) is 4.74 Å². The van der Waals surface area contributed by atoms with Gasteiger partial charge >= 0.3 is 5.97 Å². The number of carbonyl (C=O) groups excluding carboxylic acids is 1. The minimum absolute atomic E-state index is 0.162. The number of methoxy groups -OCH3 is 1. The lowest BCUT2D eigenvalue weighted by Gasteiger charge is -2.30. The fourth-order valence-electron chi connectivity index (χ4n) is 1.77. The highest BCUT2D eigenvalue weighted by atomic mass is 32.2. The van der Waals surface area contributed by atoms with Crippen molar-refractivity contribution in [2.45, 2.75) is 51.3 Å². The molecule has 0 aliphatic heterocycles. The second-order valence-electron chi connectivity index (χ2n) is 4.22. The Morgan fingerprint density at radius 2 is 2.12 bits per heavy atom. The van der Waals surface area contributed by atoms with Gasteiger partial charge in [-0.15, -0.1) is 0 Å². The summed E-state index contributed by atoms with van der Waals surface area (Å²) in [6, 6.07) is 0. The van der Waals surface area contributed by atoms with Crippen molar-refractivity contribution in [3.8, 4) is 0 Å². The summed E-state index contributed by atoms with van der Waals surface area (Å²) in [5.41, 5.74) is -0.549. The Labute approximate surface area is 104 Å². The van der Waals surface area contributed by atoms with E-state index in [-0.39, 0.29) is 5.97 Å². The summed E-state index contributed by atoms with van der Waals surface area (Å²) < 4.78 is 4.88. The second kappa shape index (κ2) is 7.96. The van der Waals surface area contributed by atoms with E-state index in [1.165, 1.54) is 7.11 Å². The van der Waals surface area contributed by atoms with Gasteiger partial charge in [-0.3, -0.25) is 4.79 Å². The lowest BCUT2D eigenvalue weighted by atomic mass is 9.96. The Morgan fingerprint density at radius 3 is 2.56 bits per heavy atom. The summed E-state index contributed by atoms with van der Waals surface area (Å²) in [4.78, 5) is 11.8. The number of nitrogens with one attached hydrogen (secondary N) is 1. The molecule has 0 saturated heterocycles. The fourth-order valence-corrected chi connectivity index (χ4v) is 2.79. The number of ether oxygens (including phenoxy) is 1. The monoisotopic (exact) mass is 247 g/mol. The van der Waals surface area contributed by atoms with Crippen LogP contribution in [0.3, 0.4) is 0 Å². The zero-order valence-electron chi connectivity index (χ0n) is 11.1. The van der Waals surface area contributed by atoms with Crippen molar-refractivity contribution in [2.75, 3.05) is 19.4 Å². The summed E-state index contributed by atoms with van der Waals surface area (Å²) in [6.45, 7) is 9.16. The van der Waals surface area contributed by atoms with Gasteiger partial charge in [-0.1, -0.05) is 20.8 Å². The summed E-state index contributed by atoms with van der Waals surface area (Å²) in [7, 11) is 1.45. The summed E-state index contributed by atoms with van der Waals surface area (Å²) in [5, 5.41) is 3.75. The van der Waals surface area contributed by atoms with E-state index in [1.807, 2.05) is 18.7 Å². The number of carbonyl (C=O) groups is 1. The number of thioether (sulfide) groups is 1. The van der Waals surface area contributed by atoms with Gasteiger partial charge in [0.05, 0.1) is 7.11 Å². The van der Waals surface area contributed by atoms with Crippen LogP contribution in [0.5, 0.6) is 0 Å². The van der Waals surface area contributed by atoms with Crippen LogP contribution in [0.25, 0.3) is 0 Å². The quantitative estimate of drug-likeness (QED) is 0.669. The lowest BCUT2D eigenvalue weighted by molar-refractivity contribution is -0.148. The van der Waals surface area contributed by atoms with E-state index in [9.17, 15) is 4.79 Å². The first-order valence-corrected chi connectivity index (χ1v) is 7.00. The van der Waals surface area contributed by atoms with Crippen LogP contribution >= 0.6 is 11.8 Å². The van der Waals surface area contributed by atoms with E-state index in [1.54, 1.807) is 0 Å². The molecule has 2 unspecified atom stereocenters. The molecule has 0 spiro atoms. The normalized spacial score (nSPS) is 16.6. The van der Waals surface area contributed by atoms with Gasteiger partial charge < -0.3 is 10.1 Å². The zero-order chi connectivity index (χ0) is 12.6. The minimum atomic E-state index is -0.549. The molecular weight excluding hydrogens is 222 g/mol. The average molecular weight is 247 g/mol. The van der Waals surface area contributed by atoms with E-state index in [2.05, 4.69) is 26.1 Å². The maximum Gasteiger partial charge on any atom is 0.325 e. The summed E-state index contributed by atoms with van der Waals surface area (Å²) >= 11 is 1.87. The number of rotatable bonds is 8. The summed E-state index contributed by atoms with van der Waals surface area (Å²) in [5.74, 6) is 0.913. The zero-order valence-corrected chi connectivity index (χ0v) is 11.9. The van der Waals surface area contributed by atoms with Crippen molar-refractivity contribution < 1.29 is 9.53 Å². The molecule has 0 aromatic carbocycles. The fraction of sp³-hybridized carbons (Fsp3) is 0.917. The topological polar surface area (TPSA) is 38.3 Å². The molecule has 0 aromatic rings. The Hall–Kier alpha value is -0.220. The van der Waals surface area contributed by atoms with Crippen LogP contribution < -0.4 is 5.32 Å². The van der Waals surface area contributed by atoms with Gasteiger partial charge in [0, 0.05) is 5.25 Å². The molecule has 0 aliphatic carbocycles. The van der Waals surface area contributed by atoms with Gasteiger partial charge in [0.1, 0.15) is 5.54 Å². The van der Waals surface area contributed by atoms with Crippen molar-refractivity contribution in [3.63, 3.8) is 0 Å². The Balaban J connectivity index is 4.45. The first kappa shape index (κ1) is 15.8. The number of hydrogen-bond donors (Lipinski definition) is 1. The smallest absolute Gasteiger partial charge is 0.325 e. The molecule has 0 bridgehead atoms. The second-order valence-corrected chi connectivity index (χ2v) is 5.94. The highest BCUT2D eigenvalue weighted by molar-refractivity contribution is 7.99. The third kappa shape index (κ3) is 5.21. The molecule has 0 amide bonds. The molecule has 3 nitrogen and oxygen atoms in total. The van der Waals surface area contributed by atoms with Crippen molar-refractivity contribution in [1.82, 2.24) is 5.32 Å².